The fraction of sp³-hybridized carbons (Fsp3) is 0.280. The van der Waals surface area contributed by atoms with E-state index in [0.717, 1.165) is 50.1 Å². The van der Waals surface area contributed by atoms with Gasteiger partial charge in [-0.3, -0.25) is 4.90 Å². The highest BCUT2D eigenvalue weighted by atomic mass is 32.1. The molecule has 3 heterocycles. The molecule has 1 fully saturated rings. The first-order valence-corrected chi connectivity index (χ1v) is 11.2. The van der Waals surface area contributed by atoms with Gasteiger partial charge in [-0.25, -0.2) is 0 Å². The molecular formula is C25H25NO3S. The lowest BCUT2D eigenvalue weighted by molar-refractivity contribution is 0.0417. The zero-order valence-electron chi connectivity index (χ0n) is 17.0. The molecule has 0 aliphatic carbocycles. The maximum atomic E-state index is 6.53. The number of morpholine rings is 1. The van der Waals surface area contributed by atoms with E-state index in [1.165, 1.54) is 21.6 Å². The van der Waals surface area contributed by atoms with E-state index in [-0.39, 0.29) is 5.92 Å². The van der Waals surface area contributed by atoms with E-state index in [9.17, 15) is 0 Å². The van der Waals surface area contributed by atoms with Crippen molar-refractivity contribution in [2.24, 2.45) is 0 Å². The van der Waals surface area contributed by atoms with Crippen LogP contribution in [0.1, 0.15) is 21.9 Å². The van der Waals surface area contributed by atoms with E-state index in [2.05, 4.69) is 52.7 Å². The molecule has 1 aromatic heterocycles. The van der Waals surface area contributed by atoms with Gasteiger partial charge in [0.1, 0.15) is 17.3 Å². The second-order valence-electron chi connectivity index (χ2n) is 7.57. The van der Waals surface area contributed by atoms with Gasteiger partial charge >= 0.3 is 0 Å². The Morgan fingerprint density at radius 1 is 1.00 bits per heavy atom. The molecule has 3 aromatic rings. The highest BCUT2D eigenvalue weighted by Gasteiger charge is 2.33. The molecule has 1 unspecified atom stereocenters. The van der Waals surface area contributed by atoms with Gasteiger partial charge in [-0.2, -0.15) is 0 Å². The van der Waals surface area contributed by atoms with E-state index < -0.39 is 0 Å². The summed E-state index contributed by atoms with van der Waals surface area (Å²) in [4.78, 5) is 3.64. The monoisotopic (exact) mass is 419 g/mol. The molecule has 2 aliphatic rings. The summed E-state index contributed by atoms with van der Waals surface area (Å²) >= 11 is 1.73. The number of methoxy groups -OCH3 is 1. The quantitative estimate of drug-likeness (QED) is 0.581. The second kappa shape index (κ2) is 8.64. The number of nitrogens with zero attached hydrogens (tertiary/aromatic N) is 1. The minimum atomic E-state index is 0.140. The first kappa shape index (κ1) is 19.4. The predicted molar refractivity (Wildman–Crippen MR) is 120 cm³/mol. The van der Waals surface area contributed by atoms with Crippen LogP contribution in [-0.2, 0) is 4.74 Å². The van der Waals surface area contributed by atoms with E-state index in [1.807, 2.05) is 18.2 Å². The normalized spacial score (nSPS) is 19.3. The highest BCUT2D eigenvalue weighted by Crippen LogP contribution is 2.46. The number of rotatable bonds is 5. The number of thiophene rings is 1. The molecule has 0 spiro atoms. The summed E-state index contributed by atoms with van der Waals surface area (Å²) in [7, 11) is 1.71. The first-order valence-electron chi connectivity index (χ1n) is 10.3. The Kier molecular flexibility index (Phi) is 5.58. The van der Waals surface area contributed by atoms with Crippen LogP contribution in [0.2, 0.25) is 0 Å². The van der Waals surface area contributed by atoms with Gasteiger partial charge in [0.2, 0.25) is 0 Å². The molecule has 0 saturated carbocycles. The molecule has 0 radical (unpaired) electrons. The average Bonchev–Trinajstić information content (AvgIpc) is 3.34. The molecule has 2 aromatic carbocycles. The van der Waals surface area contributed by atoms with Crippen LogP contribution in [0, 0.1) is 0 Å². The van der Waals surface area contributed by atoms with Crippen LogP contribution in [0.4, 0.5) is 0 Å². The van der Waals surface area contributed by atoms with Gasteiger partial charge in [0.05, 0.1) is 25.2 Å². The molecule has 0 N–H and O–H groups in total. The Labute approximate surface area is 181 Å². The summed E-state index contributed by atoms with van der Waals surface area (Å²) < 4.78 is 17.5. The molecule has 30 heavy (non-hydrogen) atoms. The third-order valence-electron chi connectivity index (χ3n) is 5.77. The predicted octanol–water partition coefficient (Wildman–Crippen LogP) is 5.02. The van der Waals surface area contributed by atoms with Crippen LogP contribution < -0.4 is 9.47 Å². The minimum Gasteiger partial charge on any atom is -0.497 e. The maximum absolute atomic E-state index is 6.53. The van der Waals surface area contributed by atoms with Crippen LogP contribution in [0.15, 0.2) is 71.6 Å². The van der Waals surface area contributed by atoms with Crippen molar-refractivity contribution in [3.05, 3.63) is 87.6 Å². The second-order valence-corrected chi connectivity index (χ2v) is 8.51. The molecule has 2 aliphatic heterocycles. The molecule has 1 saturated heterocycles. The Morgan fingerprint density at radius 3 is 2.53 bits per heavy atom. The molecule has 0 amide bonds. The molecule has 5 rings (SSSR count). The van der Waals surface area contributed by atoms with Gasteiger partial charge in [-0.05, 0) is 35.2 Å². The topological polar surface area (TPSA) is 30.9 Å². The lowest BCUT2D eigenvalue weighted by Gasteiger charge is -2.35. The van der Waals surface area contributed by atoms with Crippen LogP contribution >= 0.6 is 11.3 Å². The van der Waals surface area contributed by atoms with E-state index in [4.69, 9.17) is 14.2 Å². The Balaban J connectivity index is 1.65. The number of para-hydroxylation sites is 1. The minimum absolute atomic E-state index is 0.140. The van der Waals surface area contributed by atoms with Crippen LogP contribution in [0.3, 0.4) is 0 Å². The molecule has 5 heteroatoms. The van der Waals surface area contributed by atoms with Crippen LogP contribution in [-0.4, -0.2) is 44.9 Å². The number of hydrogen-bond donors (Lipinski definition) is 0. The van der Waals surface area contributed by atoms with Crippen molar-refractivity contribution in [3.8, 4) is 11.5 Å². The van der Waals surface area contributed by atoms with Crippen LogP contribution in [0.25, 0.3) is 5.76 Å². The standard InChI is InChI=1S/C25H25NO3S/c1-27-19-10-8-18(9-11-19)24-20-5-2-3-6-22(20)29-25(23-7-4-16-30-23)21(24)17-26-12-14-28-15-13-26/h2-11,16,24H,12-15,17H2,1H3. The molecule has 0 bridgehead atoms. The average molecular weight is 420 g/mol. The van der Waals surface area contributed by atoms with Gasteiger partial charge in [-0.1, -0.05) is 36.4 Å². The summed E-state index contributed by atoms with van der Waals surface area (Å²) in [6.45, 7) is 4.32. The summed E-state index contributed by atoms with van der Waals surface area (Å²) in [5, 5.41) is 2.11. The van der Waals surface area contributed by atoms with Crippen molar-refractivity contribution in [3.63, 3.8) is 0 Å². The first-order chi connectivity index (χ1) is 14.8. The maximum Gasteiger partial charge on any atom is 0.146 e. The lowest BCUT2D eigenvalue weighted by atomic mass is 9.81. The fourth-order valence-corrected chi connectivity index (χ4v) is 5.00. The van der Waals surface area contributed by atoms with Crippen LogP contribution in [0.5, 0.6) is 11.5 Å². The number of benzene rings is 2. The molecule has 1 atom stereocenters. The fourth-order valence-electron chi connectivity index (χ4n) is 4.26. The summed E-state index contributed by atoms with van der Waals surface area (Å²) in [5.74, 6) is 2.94. The zero-order valence-corrected chi connectivity index (χ0v) is 17.9. The summed E-state index contributed by atoms with van der Waals surface area (Å²) in [6, 6.07) is 21.1. The largest absolute Gasteiger partial charge is 0.497 e. The van der Waals surface area contributed by atoms with Crippen molar-refractivity contribution in [2.75, 3.05) is 40.0 Å². The van der Waals surface area contributed by atoms with E-state index in [0.29, 0.717) is 0 Å². The zero-order chi connectivity index (χ0) is 20.3. The summed E-state index contributed by atoms with van der Waals surface area (Å²) in [5.41, 5.74) is 3.78. The van der Waals surface area contributed by atoms with Crippen molar-refractivity contribution >= 4 is 17.1 Å². The Hall–Kier alpha value is -2.60. The van der Waals surface area contributed by atoms with Gasteiger partial charge < -0.3 is 14.2 Å². The smallest absolute Gasteiger partial charge is 0.146 e. The SMILES string of the molecule is COc1ccc(C2C(CN3CCOCC3)=C(c3cccs3)Oc3ccccc32)cc1. The third kappa shape index (κ3) is 3.76. The molecule has 154 valence electrons. The Bertz CT molecular complexity index is 1020. The van der Waals surface area contributed by atoms with Crippen molar-refractivity contribution in [2.45, 2.75) is 5.92 Å². The van der Waals surface area contributed by atoms with Crippen molar-refractivity contribution in [1.29, 1.82) is 0 Å². The van der Waals surface area contributed by atoms with E-state index >= 15 is 0 Å². The van der Waals surface area contributed by atoms with E-state index in [1.54, 1.807) is 18.4 Å². The van der Waals surface area contributed by atoms with Gasteiger partial charge in [0, 0.05) is 36.7 Å². The van der Waals surface area contributed by atoms with Crippen molar-refractivity contribution < 1.29 is 14.2 Å². The molecule has 4 nitrogen and oxygen atoms in total. The number of ether oxygens (including phenoxy) is 3. The van der Waals surface area contributed by atoms with Crippen molar-refractivity contribution in [1.82, 2.24) is 4.90 Å². The third-order valence-corrected chi connectivity index (χ3v) is 6.64. The summed E-state index contributed by atoms with van der Waals surface area (Å²) in [6.07, 6.45) is 0. The highest BCUT2D eigenvalue weighted by molar-refractivity contribution is 7.11. The lowest BCUT2D eigenvalue weighted by Crippen LogP contribution is -2.39. The molecular weight excluding hydrogens is 394 g/mol. The van der Waals surface area contributed by atoms with Gasteiger partial charge in [0.15, 0.2) is 0 Å². The van der Waals surface area contributed by atoms with Gasteiger partial charge in [-0.15, -0.1) is 11.3 Å². The Morgan fingerprint density at radius 2 is 1.80 bits per heavy atom. The van der Waals surface area contributed by atoms with Gasteiger partial charge in [0.25, 0.3) is 0 Å². The number of hydrogen-bond acceptors (Lipinski definition) is 5. The number of fused-ring (bicyclic) bond motifs is 1.